The first kappa shape index (κ1) is 11.8. The number of nitrogens with zero attached hydrogens (tertiary/aromatic N) is 1. The lowest BCUT2D eigenvalue weighted by Gasteiger charge is -2.25. The van der Waals surface area contributed by atoms with Gasteiger partial charge in [0.25, 0.3) is 0 Å². The van der Waals surface area contributed by atoms with Crippen LogP contribution in [-0.4, -0.2) is 49.4 Å². The van der Waals surface area contributed by atoms with Gasteiger partial charge in [-0.15, -0.1) is 0 Å². The quantitative estimate of drug-likeness (QED) is 0.447. The van der Waals surface area contributed by atoms with Crippen LogP contribution in [0.15, 0.2) is 0 Å². The summed E-state index contributed by atoms with van der Waals surface area (Å²) in [6, 6.07) is 0. The zero-order valence-corrected chi connectivity index (χ0v) is 7.54. The zero-order valence-electron chi connectivity index (χ0n) is 7.54. The average Bonchev–Trinajstić information content (AvgIpc) is 2.17. The van der Waals surface area contributed by atoms with E-state index in [9.17, 15) is 22.8 Å². The lowest BCUT2D eigenvalue weighted by molar-refractivity contribution is -0.194. The zero-order chi connectivity index (χ0) is 11.5. The molecule has 0 atom stereocenters. The van der Waals surface area contributed by atoms with Crippen molar-refractivity contribution >= 4 is 12.1 Å². The molecule has 0 radical (unpaired) electrons. The van der Waals surface area contributed by atoms with Crippen LogP contribution in [0.25, 0.3) is 0 Å². The molecule has 0 aromatic rings. The number of ether oxygens (including phenoxy) is 2. The second-order valence-corrected chi connectivity index (χ2v) is 2.75. The minimum atomic E-state index is -5.15. The van der Waals surface area contributed by atoms with Crippen molar-refractivity contribution < 1.29 is 32.2 Å². The molecule has 0 unspecified atom stereocenters. The van der Waals surface area contributed by atoms with Gasteiger partial charge in [0.05, 0.1) is 13.2 Å². The number of halogens is 3. The van der Waals surface area contributed by atoms with E-state index in [1.165, 1.54) is 0 Å². The summed E-state index contributed by atoms with van der Waals surface area (Å²) in [6.45, 7) is 0.665. The molecule has 0 spiro atoms. The van der Waals surface area contributed by atoms with Crippen molar-refractivity contribution in [3.63, 3.8) is 0 Å². The highest BCUT2D eigenvalue weighted by molar-refractivity contribution is 5.87. The highest BCUT2D eigenvalue weighted by Gasteiger charge is 2.43. The van der Waals surface area contributed by atoms with E-state index in [0.717, 1.165) is 4.90 Å². The summed E-state index contributed by atoms with van der Waals surface area (Å²) < 4.78 is 43.6. The minimum absolute atomic E-state index is 0.115. The predicted octanol–water partition coefficient (Wildman–Crippen LogP) is 0.544. The summed E-state index contributed by atoms with van der Waals surface area (Å²) in [5.74, 6) is -2.50. The third kappa shape index (κ3) is 3.39. The highest BCUT2D eigenvalue weighted by Crippen LogP contribution is 2.17. The van der Waals surface area contributed by atoms with E-state index in [-0.39, 0.29) is 26.3 Å². The molecule has 1 fully saturated rings. The second-order valence-electron chi connectivity index (χ2n) is 2.75. The second kappa shape index (κ2) is 4.47. The molecule has 5 nitrogen and oxygen atoms in total. The Balaban J connectivity index is 2.44. The van der Waals surface area contributed by atoms with Crippen LogP contribution in [0, 0.1) is 0 Å². The van der Waals surface area contributed by atoms with Gasteiger partial charge in [-0.3, -0.25) is 0 Å². The summed E-state index contributed by atoms with van der Waals surface area (Å²) in [7, 11) is 0. The Hall–Kier alpha value is -1.31. The molecule has 1 heterocycles. The number of esters is 1. The van der Waals surface area contributed by atoms with Crippen LogP contribution in [0.4, 0.5) is 18.0 Å². The SMILES string of the molecule is O=C(OC(=O)C(F)(F)F)N1CCOCC1. The van der Waals surface area contributed by atoms with Crippen LogP contribution in [0.2, 0.25) is 0 Å². The van der Waals surface area contributed by atoms with E-state index in [1.807, 2.05) is 0 Å². The Labute approximate surface area is 82.7 Å². The maximum Gasteiger partial charge on any atom is 0.491 e. The van der Waals surface area contributed by atoms with Gasteiger partial charge in [-0.2, -0.15) is 13.2 Å². The molecule has 0 saturated carbocycles. The van der Waals surface area contributed by atoms with Gasteiger partial charge in [0.1, 0.15) is 0 Å². The van der Waals surface area contributed by atoms with E-state index in [1.54, 1.807) is 0 Å². The van der Waals surface area contributed by atoms with Gasteiger partial charge in [0.2, 0.25) is 0 Å². The highest BCUT2D eigenvalue weighted by atomic mass is 19.4. The van der Waals surface area contributed by atoms with Gasteiger partial charge < -0.3 is 14.4 Å². The fourth-order valence-corrected chi connectivity index (χ4v) is 0.948. The number of morpholine rings is 1. The van der Waals surface area contributed by atoms with Crippen molar-refractivity contribution in [2.45, 2.75) is 6.18 Å². The Kier molecular flexibility index (Phi) is 3.51. The molecule has 0 aromatic heterocycles. The Bertz CT molecular complexity index is 259. The fourth-order valence-electron chi connectivity index (χ4n) is 0.948. The summed E-state index contributed by atoms with van der Waals surface area (Å²) in [5, 5.41) is 0. The topological polar surface area (TPSA) is 55.8 Å². The first-order valence-corrected chi connectivity index (χ1v) is 4.07. The van der Waals surface area contributed by atoms with E-state index in [0.29, 0.717) is 0 Å². The largest absolute Gasteiger partial charge is 0.491 e. The van der Waals surface area contributed by atoms with Crippen molar-refractivity contribution in [2.75, 3.05) is 26.3 Å². The summed E-state index contributed by atoms with van der Waals surface area (Å²) in [4.78, 5) is 22.3. The lowest BCUT2D eigenvalue weighted by Crippen LogP contribution is -2.43. The number of rotatable bonds is 0. The molecule has 0 aromatic carbocycles. The number of carbonyl (C=O) groups excluding carboxylic acids is 2. The van der Waals surface area contributed by atoms with Crippen LogP contribution in [0.3, 0.4) is 0 Å². The van der Waals surface area contributed by atoms with Crippen molar-refractivity contribution in [1.82, 2.24) is 4.90 Å². The van der Waals surface area contributed by atoms with Crippen LogP contribution < -0.4 is 0 Å². The summed E-state index contributed by atoms with van der Waals surface area (Å²) >= 11 is 0. The van der Waals surface area contributed by atoms with Crippen LogP contribution >= 0.6 is 0 Å². The maximum absolute atomic E-state index is 11.7. The summed E-state index contributed by atoms with van der Waals surface area (Å²) in [5.41, 5.74) is 0. The molecule has 0 N–H and O–H groups in total. The van der Waals surface area contributed by atoms with Crippen molar-refractivity contribution in [2.24, 2.45) is 0 Å². The van der Waals surface area contributed by atoms with Crippen molar-refractivity contribution in [3.8, 4) is 0 Å². The lowest BCUT2D eigenvalue weighted by atomic mass is 10.4. The molecule has 1 saturated heterocycles. The van der Waals surface area contributed by atoms with Crippen molar-refractivity contribution in [3.05, 3.63) is 0 Å². The standard InChI is InChI=1S/C7H8F3NO4/c8-7(9,10)5(12)15-6(13)11-1-3-14-4-2-11/h1-4H2. The van der Waals surface area contributed by atoms with Gasteiger partial charge in [-0.05, 0) is 0 Å². The number of carbonyl (C=O) groups is 2. The number of amides is 1. The first-order chi connectivity index (χ1) is 6.91. The van der Waals surface area contributed by atoms with E-state index >= 15 is 0 Å². The van der Waals surface area contributed by atoms with E-state index in [2.05, 4.69) is 4.74 Å². The fraction of sp³-hybridized carbons (Fsp3) is 0.714. The van der Waals surface area contributed by atoms with Crippen LogP contribution in [0.5, 0.6) is 0 Å². The van der Waals surface area contributed by atoms with Crippen LogP contribution in [-0.2, 0) is 14.3 Å². The average molecular weight is 227 g/mol. The third-order valence-electron chi connectivity index (χ3n) is 1.68. The Morgan fingerprint density at radius 1 is 1.20 bits per heavy atom. The smallest absolute Gasteiger partial charge is 0.378 e. The Morgan fingerprint density at radius 3 is 2.20 bits per heavy atom. The van der Waals surface area contributed by atoms with Gasteiger partial charge in [0, 0.05) is 13.1 Å². The monoisotopic (exact) mass is 227 g/mol. The molecule has 8 heteroatoms. The molecule has 1 amide bonds. The first-order valence-electron chi connectivity index (χ1n) is 4.07. The molecule has 0 bridgehead atoms. The van der Waals surface area contributed by atoms with Gasteiger partial charge >= 0.3 is 18.2 Å². The molecule has 86 valence electrons. The molecule has 1 aliphatic heterocycles. The Morgan fingerprint density at radius 2 is 1.73 bits per heavy atom. The van der Waals surface area contributed by atoms with Gasteiger partial charge in [-0.25, -0.2) is 9.59 Å². The predicted molar refractivity (Wildman–Crippen MR) is 39.9 cm³/mol. The number of hydrogen-bond acceptors (Lipinski definition) is 4. The van der Waals surface area contributed by atoms with Gasteiger partial charge in [0.15, 0.2) is 0 Å². The molecule has 1 rings (SSSR count). The summed E-state index contributed by atoms with van der Waals surface area (Å²) in [6.07, 6.45) is -6.44. The van der Waals surface area contributed by atoms with Crippen molar-refractivity contribution in [1.29, 1.82) is 0 Å². The van der Waals surface area contributed by atoms with Gasteiger partial charge in [-0.1, -0.05) is 0 Å². The molecular formula is C7H8F3NO4. The van der Waals surface area contributed by atoms with Crippen LogP contribution in [0.1, 0.15) is 0 Å². The maximum atomic E-state index is 11.7. The molecule has 15 heavy (non-hydrogen) atoms. The number of alkyl halides is 3. The normalized spacial score (nSPS) is 17.4. The third-order valence-corrected chi connectivity index (χ3v) is 1.68. The molecule has 0 aliphatic carbocycles. The molecule has 1 aliphatic rings. The minimum Gasteiger partial charge on any atom is -0.378 e. The van der Waals surface area contributed by atoms with E-state index < -0.39 is 18.2 Å². The van der Waals surface area contributed by atoms with E-state index in [4.69, 9.17) is 4.74 Å². The molecular weight excluding hydrogens is 219 g/mol. The number of hydrogen-bond donors (Lipinski definition) is 0.